The Morgan fingerprint density at radius 2 is 1.32 bits per heavy atom. The van der Waals surface area contributed by atoms with Crippen molar-refractivity contribution in [3.8, 4) is 0 Å². The number of hydrogen-bond donors (Lipinski definition) is 6. The van der Waals surface area contributed by atoms with Crippen LogP contribution >= 0.6 is 0 Å². The van der Waals surface area contributed by atoms with Gasteiger partial charge < -0.3 is 5.32 Å². The fourth-order valence-electron chi connectivity index (χ4n) is 5.47. The summed E-state index contributed by atoms with van der Waals surface area (Å²) in [7, 11) is -19.5. The number of Topliss-reactive ketones (excluding diaryl/α,β-unsaturated/α-hetero) is 1. The van der Waals surface area contributed by atoms with Crippen LogP contribution in [0, 0.1) is 6.92 Å². The normalized spacial score (nSPS) is 14.4. The maximum atomic E-state index is 13.0. The number of carbonyl (C=O) groups is 2. The van der Waals surface area contributed by atoms with Crippen molar-refractivity contribution in [2.24, 2.45) is 15.3 Å². The van der Waals surface area contributed by atoms with E-state index in [1.807, 2.05) is 0 Å². The third kappa shape index (κ3) is 9.00. The van der Waals surface area contributed by atoms with Crippen molar-refractivity contribution < 1.29 is 61.5 Å². The first-order valence-corrected chi connectivity index (χ1v) is 21.4. The zero-order valence-corrected chi connectivity index (χ0v) is 31.8. The summed E-state index contributed by atoms with van der Waals surface area (Å²) in [5.41, 5.74) is 3.77. The van der Waals surface area contributed by atoms with E-state index in [1.54, 1.807) is 19.1 Å². The van der Waals surface area contributed by atoms with Crippen molar-refractivity contribution in [1.82, 2.24) is 0 Å². The summed E-state index contributed by atoms with van der Waals surface area (Å²) < 4.78 is 132. The molecule has 0 bridgehead atoms. The maximum Gasteiger partial charge on any atom is 0.298 e. The Balaban J connectivity index is 1.16. The van der Waals surface area contributed by atoms with Gasteiger partial charge in [0.15, 0.2) is 0 Å². The number of azo groups is 1. The number of aryl methyl sites for hydroxylation is 1. The Hall–Kier alpha value is -6.05. The van der Waals surface area contributed by atoms with E-state index in [0.29, 0.717) is 23.0 Å². The van der Waals surface area contributed by atoms with E-state index in [9.17, 15) is 61.5 Å². The average Bonchev–Trinajstić information content (AvgIpc) is 3.11. The molecule has 0 aliphatic heterocycles. The van der Waals surface area contributed by atoms with Crippen LogP contribution in [0.25, 0.3) is 16.8 Å². The molecule has 0 saturated carbocycles. The van der Waals surface area contributed by atoms with Crippen LogP contribution in [-0.2, 0) is 45.3 Å². The van der Waals surface area contributed by atoms with Crippen LogP contribution in [0.5, 0.6) is 0 Å². The first-order valence-electron chi connectivity index (χ1n) is 15.7. The molecule has 23 heteroatoms. The van der Waals surface area contributed by atoms with Crippen LogP contribution in [0.3, 0.4) is 0 Å². The molecule has 0 unspecified atom stereocenters. The zero-order valence-electron chi connectivity index (χ0n) is 28.6. The molecule has 0 fully saturated rings. The van der Waals surface area contributed by atoms with Crippen LogP contribution < -0.4 is 10.7 Å². The lowest BCUT2D eigenvalue weighted by atomic mass is 9.94. The van der Waals surface area contributed by atoms with Crippen LogP contribution in [0.15, 0.2) is 126 Å². The number of benzene rings is 5. The van der Waals surface area contributed by atoms with Crippen LogP contribution in [0.1, 0.15) is 27.0 Å². The number of nitrogens with one attached hydrogen (secondary N) is 2. The second kappa shape index (κ2) is 14.8. The van der Waals surface area contributed by atoms with Gasteiger partial charge in [-0.15, -0.1) is 0 Å². The van der Waals surface area contributed by atoms with Crippen molar-refractivity contribution in [3.05, 3.63) is 118 Å². The molecule has 19 nitrogen and oxygen atoms in total. The van der Waals surface area contributed by atoms with E-state index in [0.717, 1.165) is 30.3 Å². The monoisotopic (exact) mass is 855 g/mol. The Morgan fingerprint density at radius 1 is 0.649 bits per heavy atom. The Bertz CT molecular complexity index is 3110. The zero-order chi connectivity index (χ0) is 41.7. The highest BCUT2D eigenvalue weighted by Gasteiger charge is 2.34. The first kappa shape index (κ1) is 40.6. The van der Waals surface area contributed by atoms with Crippen molar-refractivity contribution in [2.75, 3.05) is 10.7 Å². The first-order chi connectivity index (χ1) is 26.5. The molecule has 1 aliphatic carbocycles. The summed E-state index contributed by atoms with van der Waals surface area (Å²) >= 11 is 0. The molecule has 57 heavy (non-hydrogen) atoms. The summed E-state index contributed by atoms with van der Waals surface area (Å²) in [5.74, 6) is -1.73. The number of amides is 1. The van der Waals surface area contributed by atoms with Gasteiger partial charge in [-0.3, -0.25) is 33.2 Å². The van der Waals surface area contributed by atoms with Gasteiger partial charge in [0.1, 0.15) is 15.5 Å². The lowest BCUT2D eigenvalue weighted by molar-refractivity contribution is -0.109. The van der Waals surface area contributed by atoms with E-state index in [1.165, 1.54) is 48.5 Å². The minimum Gasteiger partial charge on any atom is -0.322 e. The van der Waals surface area contributed by atoms with Gasteiger partial charge in [0.05, 0.1) is 26.9 Å². The Kier molecular flexibility index (Phi) is 10.5. The smallest absolute Gasteiger partial charge is 0.298 e. The number of nitrogens with zero attached hydrogens (tertiary/aromatic N) is 3. The molecule has 1 amide bonds. The maximum absolute atomic E-state index is 13.0. The number of anilines is 2. The fraction of sp³-hybridized carbons (Fsp3) is 0.0294. The standard InChI is InChI=1S/C34H25N5O14S4/c1-18-12-23(8-11-29(18)38-37-24-7-4-20-13-26(55(45,46)47)17-30(28(20)16-24)56(48,49)50)35-34(41)19-2-5-22(6-3-19)36-39-32-27-10-9-25(54(42,43)44)14-21(27)15-31(33(32)40)57(51,52)53/h2-17,36H,1H3,(H,35,41)(H,42,43,44)(H,45,46,47)(H,48,49,50)(H,51,52,53). The van der Waals surface area contributed by atoms with E-state index in [4.69, 9.17) is 0 Å². The molecule has 0 radical (unpaired) electrons. The molecular formula is C34H25N5O14S4. The predicted molar refractivity (Wildman–Crippen MR) is 204 cm³/mol. The van der Waals surface area contributed by atoms with Crippen LogP contribution in [0.2, 0.25) is 0 Å². The van der Waals surface area contributed by atoms with E-state index >= 15 is 0 Å². The topological polar surface area (TPSA) is 313 Å². The van der Waals surface area contributed by atoms with Crippen LogP contribution in [0.4, 0.5) is 22.7 Å². The van der Waals surface area contributed by atoms with Gasteiger partial charge in [0, 0.05) is 22.2 Å². The van der Waals surface area contributed by atoms with Crippen molar-refractivity contribution in [2.45, 2.75) is 21.6 Å². The minimum absolute atomic E-state index is 0.00631. The van der Waals surface area contributed by atoms with Gasteiger partial charge in [-0.2, -0.15) is 49.0 Å². The van der Waals surface area contributed by atoms with Crippen molar-refractivity contribution >= 4 is 97.5 Å². The van der Waals surface area contributed by atoms with Gasteiger partial charge in [0.25, 0.3) is 46.4 Å². The molecule has 5 aromatic rings. The largest absolute Gasteiger partial charge is 0.322 e. The Labute approximate surface area is 323 Å². The number of rotatable bonds is 10. The number of hydrogen-bond acceptors (Lipinski definition) is 14. The van der Waals surface area contributed by atoms with Gasteiger partial charge in [-0.25, -0.2) is 0 Å². The number of fused-ring (bicyclic) bond motifs is 2. The molecule has 0 aromatic heterocycles. The summed E-state index contributed by atoms with van der Waals surface area (Å²) in [4.78, 5) is 22.8. The number of allylic oxidation sites excluding steroid dienone is 1. The average molecular weight is 856 g/mol. The quantitative estimate of drug-likeness (QED) is 0.0599. The fourth-order valence-corrected chi connectivity index (χ4v) is 7.94. The van der Waals surface area contributed by atoms with Crippen LogP contribution in [-0.4, -0.2) is 69.3 Å². The van der Waals surface area contributed by atoms with E-state index in [-0.39, 0.29) is 38.8 Å². The molecule has 0 heterocycles. The SMILES string of the molecule is Cc1cc(NC(=O)c2ccc(NN=C3C(=O)C(S(=O)(=O)O)=Cc4cc(S(=O)(=O)O)ccc43)cc2)ccc1N=Nc1ccc2cc(S(=O)(=O)O)cc(S(=O)(=O)O)c2c1. The highest BCUT2D eigenvalue weighted by molar-refractivity contribution is 7.91. The summed E-state index contributed by atoms with van der Waals surface area (Å²) in [5, 5.41) is 15.0. The third-order valence-electron chi connectivity index (χ3n) is 8.20. The molecule has 0 saturated heterocycles. The van der Waals surface area contributed by atoms with Gasteiger partial charge >= 0.3 is 0 Å². The molecule has 0 atom stereocenters. The summed E-state index contributed by atoms with van der Waals surface area (Å²) in [6.07, 6.45) is 0.751. The predicted octanol–water partition coefficient (Wildman–Crippen LogP) is 5.18. The Morgan fingerprint density at radius 3 is 1.93 bits per heavy atom. The van der Waals surface area contributed by atoms with E-state index < -0.39 is 77.5 Å². The second-order valence-electron chi connectivity index (χ2n) is 12.1. The second-order valence-corrected chi connectivity index (χ2v) is 17.7. The molecule has 0 spiro atoms. The number of carbonyl (C=O) groups excluding carboxylic acids is 2. The highest BCUT2D eigenvalue weighted by atomic mass is 32.2. The van der Waals surface area contributed by atoms with Gasteiger partial charge in [0.2, 0.25) is 5.78 Å². The number of ketones is 1. The lowest BCUT2D eigenvalue weighted by Gasteiger charge is -2.17. The third-order valence-corrected chi connectivity index (χ3v) is 11.6. The molecule has 5 aromatic carbocycles. The molecule has 6 rings (SSSR count). The van der Waals surface area contributed by atoms with Gasteiger partial charge in [-0.1, -0.05) is 12.1 Å². The number of hydrazone groups is 1. The molecular weight excluding hydrogens is 831 g/mol. The van der Waals surface area contributed by atoms with Crippen molar-refractivity contribution in [1.29, 1.82) is 0 Å². The van der Waals surface area contributed by atoms with Gasteiger partial charge in [-0.05, 0) is 108 Å². The van der Waals surface area contributed by atoms with Crippen molar-refractivity contribution in [3.63, 3.8) is 0 Å². The molecule has 294 valence electrons. The molecule has 6 N–H and O–H groups in total. The summed E-state index contributed by atoms with van der Waals surface area (Å²) in [6.45, 7) is 1.68. The summed E-state index contributed by atoms with van der Waals surface area (Å²) in [6, 6.07) is 19.0. The molecule has 1 aliphatic rings. The lowest BCUT2D eigenvalue weighted by Crippen LogP contribution is -2.27. The highest BCUT2D eigenvalue weighted by Crippen LogP contribution is 2.32. The van der Waals surface area contributed by atoms with E-state index in [2.05, 4.69) is 26.1 Å². The minimum atomic E-state index is -5.07.